The molecule has 0 spiro atoms. The Morgan fingerprint density at radius 3 is 1.21 bits per heavy atom. The fraction of sp³-hybridized carbons (Fsp3) is 0.149. The van der Waals surface area contributed by atoms with Crippen LogP contribution in [0.4, 0.5) is 0 Å². The molecule has 1 N–H and O–H groups in total. The van der Waals surface area contributed by atoms with Gasteiger partial charge in [0.25, 0.3) is 0 Å². The quantitative estimate of drug-likeness (QED) is 0.175. The van der Waals surface area contributed by atoms with Crippen molar-refractivity contribution in [2.45, 2.75) is 96.9 Å². The number of benzene rings is 13. The lowest BCUT2D eigenvalue weighted by atomic mass is 9.99. The molecule has 4 nitrogen and oxygen atoms in total. The fourth-order valence-corrected chi connectivity index (χ4v) is 12.9. The molecule has 0 amide bonds. The van der Waals surface area contributed by atoms with Crippen LogP contribution < -0.4 is 0 Å². The summed E-state index contributed by atoms with van der Waals surface area (Å²) in [5.74, 6) is 0. The lowest BCUT2D eigenvalue weighted by Crippen LogP contribution is -1.92. The van der Waals surface area contributed by atoms with E-state index in [4.69, 9.17) is 0 Å². The van der Waals surface area contributed by atoms with E-state index in [1.54, 1.807) is 0 Å². The number of pyridine rings is 2. The average molecular weight is 1280 g/mol. The van der Waals surface area contributed by atoms with Gasteiger partial charge in [-0.2, -0.15) is 0 Å². The van der Waals surface area contributed by atoms with Crippen LogP contribution in [0.3, 0.4) is 0 Å². The van der Waals surface area contributed by atoms with Crippen molar-refractivity contribution in [1.29, 1.82) is 0 Å². The highest BCUT2D eigenvalue weighted by Crippen LogP contribution is 2.35. The van der Waals surface area contributed by atoms with Crippen molar-refractivity contribution in [2.75, 3.05) is 0 Å². The highest BCUT2D eigenvalue weighted by atomic mass is 15.0. The van der Waals surface area contributed by atoms with E-state index < -0.39 is 0 Å². The maximum atomic E-state index is 4.42. The summed E-state index contributed by atoms with van der Waals surface area (Å²) in [6.45, 7) is 29.6. The SMILES string of the molecule is Cc1ccc(-c2c(C)[nH]c3ccccc23)cc1.Cc1ccc(C)c2ccccc12.Cc1ccc(C)nc1.Cc1ccc2c(c1)c1cc(C)ccc1n2-c1ccccc1.Cc1ccc2c(ccc3cc(C)ccc32)c1.Cc1ccc2nc(C)ccc2c1.Cc1cccc2c(C)cccc12. The molecular formula is C94H90N4. The second kappa shape index (κ2) is 31.1. The minimum Gasteiger partial charge on any atom is -0.358 e. The Balaban J connectivity index is 0.000000118. The van der Waals surface area contributed by atoms with Gasteiger partial charge in [0, 0.05) is 61.6 Å². The van der Waals surface area contributed by atoms with Gasteiger partial charge in [-0.25, -0.2) is 0 Å². The molecule has 17 aromatic rings. The summed E-state index contributed by atoms with van der Waals surface area (Å²) < 4.78 is 2.35. The zero-order valence-electron chi connectivity index (χ0n) is 59.5. The van der Waals surface area contributed by atoms with Crippen LogP contribution in [0.2, 0.25) is 0 Å². The number of aromatic amines is 1. The van der Waals surface area contributed by atoms with Crippen molar-refractivity contribution in [3.8, 4) is 16.8 Å². The molecule has 0 fully saturated rings. The number of nitrogens with zero attached hydrogens (tertiary/aromatic N) is 3. The van der Waals surface area contributed by atoms with E-state index in [2.05, 4.69) is 363 Å². The van der Waals surface area contributed by atoms with Gasteiger partial charge in [-0.1, -0.05) is 246 Å². The van der Waals surface area contributed by atoms with E-state index in [-0.39, 0.29) is 0 Å². The molecule has 17 rings (SSSR count). The van der Waals surface area contributed by atoms with Crippen molar-refractivity contribution in [3.05, 3.63) is 364 Å². The first kappa shape index (κ1) is 68.2. The molecule has 4 heterocycles. The lowest BCUT2D eigenvalue weighted by Gasteiger charge is -2.07. The van der Waals surface area contributed by atoms with Crippen LogP contribution in [-0.2, 0) is 0 Å². The Kier molecular flexibility index (Phi) is 21.7. The molecule has 0 bridgehead atoms. The molecule has 0 unspecified atom stereocenters. The summed E-state index contributed by atoms with van der Waals surface area (Å²) in [6, 6.07) is 99.2. The van der Waals surface area contributed by atoms with Crippen molar-refractivity contribution >= 4 is 86.7 Å². The van der Waals surface area contributed by atoms with Crippen LogP contribution in [0, 0.1) is 96.9 Å². The Bertz CT molecular complexity index is 5290. The molecule has 4 aromatic heterocycles. The summed E-state index contributed by atoms with van der Waals surface area (Å²) in [5.41, 5.74) is 26.5. The van der Waals surface area contributed by atoms with Gasteiger partial charge < -0.3 is 9.55 Å². The summed E-state index contributed by atoms with van der Waals surface area (Å²) >= 11 is 0. The maximum Gasteiger partial charge on any atom is 0.0705 e. The number of fused-ring (bicyclic) bond motifs is 10. The topological polar surface area (TPSA) is 46.5 Å². The molecule has 0 saturated carbocycles. The number of hydrogen-bond acceptors (Lipinski definition) is 2. The monoisotopic (exact) mass is 1270 g/mol. The number of hydrogen-bond donors (Lipinski definition) is 1. The molecular weight excluding hydrogens is 1190 g/mol. The summed E-state index contributed by atoms with van der Waals surface area (Å²) in [7, 11) is 0. The molecule has 13 aromatic carbocycles. The van der Waals surface area contributed by atoms with E-state index in [0.29, 0.717) is 0 Å². The lowest BCUT2D eigenvalue weighted by molar-refractivity contribution is 1.17. The Morgan fingerprint density at radius 1 is 0.276 bits per heavy atom. The molecule has 0 aliphatic carbocycles. The van der Waals surface area contributed by atoms with Gasteiger partial charge in [0.1, 0.15) is 0 Å². The van der Waals surface area contributed by atoms with Gasteiger partial charge >= 0.3 is 0 Å². The number of H-pyrrole nitrogens is 1. The zero-order chi connectivity index (χ0) is 69.0. The number of aryl methyl sites for hydroxylation is 14. The zero-order valence-corrected chi connectivity index (χ0v) is 59.5. The fourth-order valence-electron chi connectivity index (χ4n) is 12.9. The number of nitrogens with one attached hydrogen (secondary N) is 1. The molecule has 486 valence electrons. The van der Waals surface area contributed by atoms with E-state index in [1.807, 2.05) is 39.1 Å². The van der Waals surface area contributed by atoms with Crippen LogP contribution in [-0.4, -0.2) is 19.5 Å². The molecule has 0 aliphatic heterocycles. The highest BCUT2D eigenvalue weighted by Gasteiger charge is 2.13. The largest absolute Gasteiger partial charge is 0.358 e. The Hall–Kier alpha value is -11.2. The predicted octanol–water partition coefficient (Wildman–Crippen LogP) is 25.9. The third-order valence-corrected chi connectivity index (χ3v) is 18.2. The van der Waals surface area contributed by atoms with Crippen molar-refractivity contribution in [3.63, 3.8) is 0 Å². The van der Waals surface area contributed by atoms with E-state index >= 15 is 0 Å². The molecule has 0 saturated heterocycles. The predicted molar refractivity (Wildman–Crippen MR) is 426 cm³/mol. The second-order valence-corrected chi connectivity index (χ2v) is 26.4. The first-order valence-electron chi connectivity index (χ1n) is 34.1. The highest BCUT2D eigenvalue weighted by molar-refractivity contribution is 6.10. The van der Waals surface area contributed by atoms with Crippen molar-refractivity contribution in [2.24, 2.45) is 0 Å². The number of para-hydroxylation sites is 2. The van der Waals surface area contributed by atoms with Gasteiger partial charge in [-0.3, -0.25) is 9.97 Å². The first-order chi connectivity index (χ1) is 47.3. The summed E-state index contributed by atoms with van der Waals surface area (Å²) in [5, 5.41) is 16.0. The van der Waals surface area contributed by atoms with E-state index in [9.17, 15) is 0 Å². The van der Waals surface area contributed by atoms with Crippen molar-refractivity contribution in [1.82, 2.24) is 19.5 Å². The number of rotatable bonds is 2. The third kappa shape index (κ3) is 16.4. The van der Waals surface area contributed by atoms with Crippen LogP contribution >= 0.6 is 0 Å². The minimum atomic E-state index is 1.08. The second-order valence-electron chi connectivity index (χ2n) is 26.4. The molecule has 0 atom stereocenters. The Morgan fingerprint density at radius 2 is 0.694 bits per heavy atom. The third-order valence-electron chi connectivity index (χ3n) is 18.2. The van der Waals surface area contributed by atoms with Crippen LogP contribution in [0.5, 0.6) is 0 Å². The van der Waals surface area contributed by atoms with Gasteiger partial charge in [-0.15, -0.1) is 0 Å². The van der Waals surface area contributed by atoms with Crippen LogP contribution in [0.15, 0.2) is 285 Å². The van der Waals surface area contributed by atoms with E-state index in [1.165, 1.54) is 165 Å². The Labute approximate surface area is 580 Å². The van der Waals surface area contributed by atoms with Gasteiger partial charge in [-0.05, 0) is 240 Å². The van der Waals surface area contributed by atoms with Crippen LogP contribution in [0.25, 0.3) is 104 Å². The van der Waals surface area contributed by atoms with Gasteiger partial charge in [0.05, 0.1) is 16.6 Å². The molecule has 4 heteroatoms. The minimum absolute atomic E-state index is 1.08. The standard InChI is InChI=1S/C20H17N.C16H15N.C16H14.2C12H12.C11H11N.C7H9N/c1-14-8-10-19-17(12-14)18-13-15(2)9-11-20(18)21(19)16-6-4-3-5-7-16;1-11-7-9-13(10-8-11)16-12(2)17-15-6-4-3-5-14(15)16;1-11-3-7-15-13(9-11)5-6-14-10-12(2)4-8-16(14)15;1-9-5-3-8-12-10(2)6-4-7-11(9)12;1-9-7-8-10(2)12-6-4-3-5-11(9)12;1-8-3-6-11-10(7-8)5-4-9(2)12-11;1-6-3-4-7(2)8-5-6/h3-13H,1-2H3;3-10,17H,1-2H3;3-10H,1-2H3;2*3-8H,1-2H3;3-7H,1-2H3;3-5H,1-2H3. The first-order valence-corrected chi connectivity index (χ1v) is 34.1. The number of aromatic nitrogens is 4. The normalized spacial score (nSPS) is 10.8. The van der Waals surface area contributed by atoms with E-state index in [0.717, 1.165) is 16.9 Å². The maximum absolute atomic E-state index is 4.42. The van der Waals surface area contributed by atoms with Gasteiger partial charge in [0.2, 0.25) is 0 Å². The van der Waals surface area contributed by atoms with Crippen LogP contribution in [0.1, 0.15) is 78.3 Å². The summed E-state index contributed by atoms with van der Waals surface area (Å²) in [4.78, 5) is 11.9. The summed E-state index contributed by atoms with van der Waals surface area (Å²) in [6.07, 6.45) is 1.87. The average Bonchev–Trinajstić information content (AvgIpc) is 1.57. The molecule has 0 radical (unpaired) electrons. The smallest absolute Gasteiger partial charge is 0.0705 e. The molecule has 98 heavy (non-hydrogen) atoms. The molecule has 0 aliphatic rings. The van der Waals surface area contributed by atoms with Crippen molar-refractivity contribution < 1.29 is 0 Å². The van der Waals surface area contributed by atoms with Gasteiger partial charge in [0.15, 0.2) is 0 Å².